The van der Waals surface area contributed by atoms with E-state index in [0.29, 0.717) is 63.9 Å². The summed E-state index contributed by atoms with van der Waals surface area (Å²) < 4.78 is 8.54. The summed E-state index contributed by atoms with van der Waals surface area (Å²) in [5, 5.41) is 6.15. The van der Waals surface area contributed by atoms with Crippen LogP contribution in [0.2, 0.25) is 0 Å². The van der Waals surface area contributed by atoms with Crippen LogP contribution in [-0.2, 0) is 29.4 Å². The van der Waals surface area contributed by atoms with Crippen LogP contribution in [-0.4, -0.2) is 122 Å². The van der Waals surface area contributed by atoms with Gasteiger partial charge in [-0.1, -0.05) is 30.7 Å². The average molecular weight is 990 g/mol. The average Bonchev–Trinajstić information content (AvgIpc) is 4.05. The molecule has 0 radical (unpaired) electrons. The second-order valence-electron chi connectivity index (χ2n) is 23.8. The fraction of sp³-hybridized carbons (Fsp3) is 0.603. The molecule has 15 nitrogen and oxygen atoms in total. The standard InChI is InChI=1S/C58H71N9O6/c1-34(2)66-33-59-48-30-47(61-53(52(48)66)60-40-11-12-40)37-10-18-46-49(27-37)67(42-28-41(29-42)63-22-4-3-5-23-63)57(72)58(46)20-24-64(25-21-58)56(71)51-38-26-39(51)32-65(31-38)55(70)36-8-15-44(16-9-36)73-43-13-6-35(7-14-43)45-17-19-50(68)62-54(45)69/h6-7,10,13-14,18,27,30,33-34,36,38-42,44-45,51H,3-5,8-9,11-12,15-17,19-26,28-29,31-32H2,1-2H3,(H,60,61)(H,62,68,69)/t36?,38-,39+,41?,42?,44?,45?,51?. The van der Waals surface area contributed by atoms with Gasteiger partial charge in [-0.25, -0.2) is 9.97 Å². The third-order valence-electron chi connectivity index (χ3n) is 19.0. The highest BCUT2D eigenvalue weighted by atomic mass is 16.5. The molecule has 4 atom stereocenters. The normalized spacial score (nSPS) is 30.0. The van der Waals surface area contributed by atoms with Crippen molar-refractivity contribution in [3.8, 4) is 17.0 Å². The fourth-order valence-electron chi connectivity index (χ4n) is 14.5. The van der Waals surface area contributed by atoms with Crippen LogP contribution in [0.3, 0.4) is 0 Å². The SMILES string of the molecule is CC(C)n1cnc2cc(-c3ccc4c(c3)N(C3CC(N5CCCCC5)C3)C(=O)C43CCN(C(=O)C4[C@@H]5C[C@H]4CN(C(=O)C4CCC(Oc6ccc(C7CCC(=O)NC7=O)cc6)CC4)C5)CC3)nc(NC3CC3)c21. The number of likely N-dealkylation sites (tertiary alicyclic amines) is 2. The molecule has 4 aliphatic carbocycles. The zero-order chi connectivity index (χ0) is 49.7. The highest BCUT2D eigenvalue weighted by Crippen LogP contribution is 2.54. The number of piperidine rings is 5. The molecule has 2 aromatic heterocycles. The minimum Gasteiger partial charge on any atom is -0.490 e. The Morgan fingerprint density at radius 3 is 2.23 bits per heavy atom. The van der Waals surface area contributed by atoms with Gasteiger partial charge in [0.05, 0.1) is 35.0 Å². The lowest BCUT2D eigenvalue weighted by Gasteiger charge is -2.54. The van der Waals surface area contributed by atoms with Crippen molar-refractivity contribution in [2.75, 3.05) is 49.5 Å². The lowest BCUT2D eigenvalue weighted by Crippen LogP contribution is -2.63. The summed E-state index contributed by atoms with van der Waals surface area (Å²) in [4.78, 5) is 86.8. The highest BCUT2D eigenvalue weighted by molar-refractivity contribution is 6.09. The van der Waals surface area contributed by atoms with Gasteiger partial charge in [-0.05, 0) is 164 Å². The molecule has 4 saturated carbocycles. The number of benzene rings is 2. The molecule has 2 bridgehead atoms. The Labute approximate surface area is 428 Å². The van der Waals surface area contributed by atoms with E-state index in [1.165, 1.54) is 19.3 Å². The molecule has 384 valence electrons. The number of hydrogen-bond donors (Lipinski definition) is 2. The van der Waals surface area contributed by atoms with Crippen LogP contribution in [0.4, 0.5) is 11.5 Å². The van der Waals surface area contributed by atoms with Crippen LogP contribution in [0.5, 0.6) is 5.75 Å². The number of imidazole rings is 1. The first-order chi connectivity index (χ1) is 35.5. The molecule has 5 amide bonds. The summed E-state index contributed by atoms with van der Waals surface area (Å²) in [6.07, 6.45) is 16.3. The summed E-state index contributed by atoms with van der Waals surface area (Å²) in [5.41, 5.74) is 6.15. The predicted molar refractivity (Wildman–Crippen MR) is 277 cm³/mol. The molecule has 10 aliphatic rings. The Morgan fingerprint density at radius 1 is 0.795 bits per heavy atom. The van der Waals surface area contributed by atoms with Gasteiger partial charge in [0.25, 0.3) is 0 Å². The van der Waals surface area contributed by atoms with E-state index in [1.807, 2.05) is 30.6 Å². The number of rotatable bonds is 11. The smallest absolute Gasteiger partial charge is 0.238 e. The third kappa shape index (κ3) is 8.39. The number of anilines is 2. The number of nitrogens with one attached hydrogen (secondary N) is 2. The fourth-order valence-corrected chi connectivity index (χ4v) is 14.5. The lowest BCUT2D eigenvalue weighted by molar-refractivity contribution is -0.163. The van der Waals surface area contributed by atoms with Crippen molar-refractivity contribution in [1.82, 2.24) is 34.6 Å². The van der Waals surface area contributed by atoms with Crippen LogP contribution >= 0.6 is 0 Å². The van der Waals surface area contributed by atoms with E-state index in [-0.39, 0.29) is 77.3 Å². The second-order valence-corrected chi connectivity index (χ2v) is 23.8. The monoisotopic (exact) mass is 990 g/mol. The molecular formula is C58H71N9O6. The Hall–Kier alpha value is -5.83. The number of aromatic nitrogens is 3. The van der Waals surface area contributed by atoms with E-state index >= 15 is 4.79 Å². The van der Waals surface area contributed by atoms with Crippen molar-refractivity contribution < 1.29 is 28.7 Å². The molecule has 14 rings (SSSR count). The zero-order valence-electron chi connectivity index (χ0n) is 42.6. The van der Waals surface area contributed by atoms with Gasteiger partial charge in [0.2, 0.25) is 29.5 Å². The molecule has 8 heterocycles. The van der Waals surface area contributed by atoms with Gasteiger partial charge in [-0.2, -0.15) is 0 Å². The van der Waals surface area contributed by atoms with E-state index in [4.69, 9.17) is 14.7 Å². The number of fused-ring (bicyclic) bond motifs is 5. The molecule has 5 saturated heterocycles. The van der Waals surface area contributed by atoms with Gasteiger partial charge in [-0.3, -0.25) is 29.3 Å². The van der Waals surface area contributed by atoms with Gasteiger partial charge in [0.1, 0.15) is 11.3 Å². The van der Waals surface area contributed by atoms with E-state index in [9.17, 15) is 19.2 Å². The van der Waals surface area contributed by atoms with Crippen LogP contribution in [0.15, 0.2) is 54.9 Å². The summed E-state index contributed by atoms with van der Waals surface area (Å²) >= 11 is 0. The van der Waals surface area contributed by atoms with Crippen molar-refractivity contribution in [2.45, 2.75) is 158 Å². The Balaban J connectivity index is 0.658. The molecule has 2 N–H and O–H groups in total. The molecule has 2 unspecified atom stereocenters. The van der Waals surface area contributed by atoms with Crippen molar-refractivity contribution in [2.24, 2.45) is 23.7 Å². The van der Waals surface area contributed by atoms with E-state index in [0.717, 1.165) is 122 Å². The van der Waals surface area contributed by atoms with Crippen LogP contribution in [0.1, 0.15) is 140 Å². The van der Waals surface area contributed by atoms with Crippen LogP contribution in [0.25, 0.3) is 22.3 Å². The topological polar surface area (TPSA) is 162 Å². The van der Waals surface area contributed by atoms with Crippen molar-refractivity contribution in [1.29, 1.82) is 0 Å². The van der Waals surface area contributed by atoms with E-state index < -0.39 is 5.41 Å². The summed E-state index contributed by atoms with van der Waals surface area (Å²) in [7, 11) is 0. The number of carbonyl (C=O) groups excluding carboxylic acids is 5. The minimum absolute atomic E-state index is 0.0245. The third-order valence-corrected chi connectivity index (χ3v) is 19.0. The Kier molecular flexibility index (Phi) is 11.9. The van der Waals surface area contributed by atoms with Gasteiger partial charge in [-0.15, -0.1) is 0 Å². The molecule has 6 aliphatic heterocycles. The van der Waals surface area contributed by atoms with Crippen molar-refractivity contribution >= 4 is 52.1 Å². The maximum absolute atomic E-state index is 15.3. The van der Waals surface area contributed by atoms with Crippen LogP contribution in [0, 0.1) is 23.7 Å². The van der Waals surface area contributed by atoms with Crippen LogP contribution < -0.4 is 20.3 Å². The summed E-state index contributed by atoms with van der Waals surface area (Å²) in [6.45, 7) is 9.05. The summed E-state index contributed by atoms with van der Waals surface area (Å²) in [6, 6.07) is 17.7. The van der Waals surface area contributed by atoms with Gasteiger partial charge < -0.3 is 34.2 Å². The number of carbonyl (C=O) groups is 5. The molecular weight excluding hydrogens is 919 g/mol. The Morgan fingerprint density at radius 2 is 1.53 bits per heavy atom. The van der Waals surface area contributed by atoms with Gasteiger partial charge in [0.15, 0.2) is 5.82 Å². The first-order valence-corrected chi connectivity index (χ1v) is 28.0. The first-order valence-electron chi connectivity index (χ1n) is 28.0. The maximum Gasteiger partial charge on any atom is 0.238 e. The highest BCUT2D eigenvalue weighted by Gasteiger charge is 2.58. The second kappa shape index (κ2) is 18.5. The minimum atomic E-state index is -0.669. The quantitative estimate of drug-likeness (QED) is 0.142. The molecule has 4 aromatic rings. The molecule has 1 spiro atoms. The molecule has 2 aromatic carbocycles. The lowest BCUT2D eigenvalue weighted by atomic mass is 9.60. The molecule has 73 heavy (non-hydrogen) atoms. The number of pyridine rings is 1. The van der Waals surface area contributed by atoms with Crippen molar-refractivity contribution in [3.63, 3.8) is 0 Å². The van der Waals surface area contributed by atoms with Gasteiger partial charge >= 0.3 is 0 Å². The summed E-state index contributed by atoms with van der Waals surface area (Å²) in [5.74, 6) is 1.74. The molecule has 15 heteroatoms. The number of ether oxygens (including phenoxy) is 1. The largest absolute Gasteiger partial charge is 0.490 e. The first kappa shape index (κ1) is 46.9. The number of amides is 5. The predicted octanol–water partition coefficient (Wildman–Crippen LogP) is 7.73. The maximum atomic E-state index is 15.3. The van der Waals surface area contributed by atoms with Crippen molar-refractivity contribution in [3.05, 3.63) is 66.0 Å². The number of nitrogens with zero attached hydrogens (tertiary/aromatic N) is 7. The van der Waals surface area contributed by atoms with Gasteiger partial charge in [0, 0.05) is 79.9 Å². The van der Waals surface area contributed by atoms with E-state index in [1.54, 1.807) is 0 Å². The number of imide groups is 1. The van der Waals surface area contributed by atoms with E-state index in [2.05, 4.69) is 72.9 Å². The Bertz CT molecular complexity index is 2820. The number of hydrogen-bond acceptors (Lipinski definition) is 10. The zero-order valence-corrected chi connectivity index (χ0v) is 42.6. The molecule has 9 fully saturated rings.